The largest absolute Gasteiger partial charge is 0.495 e. The summed E-state index contributed by atoms with van der Waals surface area (Å²) in [6, 6.07) is 9.45. The molecule has 2 aromatic rings. The van der Waals surface area contributed by atoms with Gasteiger partial charge in [-0.25, -0.2) is 16.8 Å². The second-order valence-corrected chi connectivity index (χ2v) is 9.15. The van der Waals surface area contributed by atoms with Crippen molar-refractivity contribution in [3.8, 4) is 5.75 Å². The van der Waals surface area contributed by atoms with Crippen LogP contribution in [-0.2, 0) is 24.7 Å². The van der Waals surface area contributed by atoms with Gasteiger partial charge in [0, 0.05) is 19.2 Å². The minimum absolute atomic E-state index is 0.00344. The van der Waals surface area contributed by atoms with E-state index in [9.17, 15) is 21.6 Å². The molecule has 0 spiro atoms. The number of anilines is 2. The molecule has 0 saturated heterocycles. The fourth-order valence-electron chi connectivity index (χ4n) is 2.14. The number of hydrogen-bond donors (Lipinski definition) is 2. The number of carbonyl (C=O) groups excluding carboxylic acids is 1. The summed E-state index contributed by atoms with van der Waals surface area (Å²) in [5, 5.41) is 2.53. The van der Waals surface area contributed by atoms with Crippen LogP contribution in [0.1, 0.15) is 6.92 Å². The summed E-state index contributed by atoms with van der Waals surface area (Å²) in [6.07, 6.45) is 1.03. The van der Waals surface area contributed by atoms with E-state index in [0.29, 0.717) is 5.69 Å². The van der Waals surface area contributed by atoms with Gasteiger partial charge in [-0.3, -0.25) is 9.52 Å². The molecule has 0 aliphatic rings. The highest BCUT2D eigenvalue weighted by Crippen LogP contribution is 2.29. The van der Waals surface area contributed by atoms with Crippen molar-refractivity contribution in [3.63, 3.8) is 0 Å². The van der Waals surface area contributed by atoms with Gasteiger partial charge in [0.05, 0.1) is 28.3 Å². The Morgan fingerprint density at radius 1 is 1.00 bits per heavy atom. The van der Waals surface area contributed by atoms with Crippen LogP contribution in [0.3, 0.4) is 0 Å². The molecule has 10 heteroatoms. The molecule has 0 aliphatic carbocycles. The lowest BCUT2D eigenvalue weighted by atomic mass is 10.3. The minimum Gasteiger partial charge on any atom is -0.495 e. The molecule has 0 aliphatic heterocycles. The van der Waals surface area contributed by atoms with Gasteiger partial charge < -0.3 is 10.1 Å². The number of carbonyl (C=O) groups is 1. The van der Waals surface area contributed by atoms with Crippen molar-refractivity contribution in [3.05, 3.63) is 42.5 Å². The molecule has 26 heavy (non-hydrogen) atoms. The SMILES string of the molecule is COc1cc(S(=O)(=O)Nc2cccc(S(C)(=O)=O)c2)ccc1NC(C)=O. The molecule has 0 fully saturated rings. The van der Waals surface area contributed by atoms with Crippen LogP contribution in [0, 0.1) is 0 Å². The highest BCUT2D eigenvalue weighted by Gasteiger charge is 2.18. The number of sulfonamides is 1. The summed E-state index contributed by atoms with van der Waals surface area (Å²) >= 11 is 0. The summed E-state index contributed by atoms with van der Waals surface area (Å²) in [5.74, 6) is -0.150. The number of nitrogens with one attached hydrogen (secondary N) is 2. The Hall–Kier alpha value is -2.59. The molecular formula is C16H18N2O6S2. The second kappa shape index (κ2) is 7.34. The average molecular weight is 398 g/mol. The fourth-order valence-corrected chi connectivity index (χ4v) is 3.87. The van der Waals surface area contributed by atoms with E-state index < -0.39 is 19.9 Å². The number of hydrogen-bond acceptors (Lipinski definition) is 6. The van der Waals surface area contributed by atoms with Crippen LogP contribution in [0.15, 0.2) is 52.3 Å². The topological polar surface area (TPSA) is 119 Å². The molecule has 0 heterocycles. The lowest BCUT2D eigenvalue weighted by Gasteiger charge is -2.13. The molecule has 0 radical (unpaired) electrons. The molecule has 2 N–H and O–H groups in total. The molecule has 0 bridgehead atoms. The maximum absolute atomic E-state index is 12.6. The Morgan fingerprint density at radius 2 is 1.69 bits per heavy atom. The molecule has 2 rings (SSSR count). The van der Waals surface area contributed by atoms with Crippen LogP contribution in [0.2, 0.25) is 0 Å². The average Bonchev–Trinajstić information content (AvgIpc) is 2.53. The zero-order chi connectivity index (χ0) is 19.5. The predicted octanol–water partition coefficient (Wildman–Crippen LogP) is 1.86. The molecular weight excluding hydrogens is 380 g/mol. The quantitative estimate of drug-likeness (QED) is 0.767. The van der Waals surface area contributed by atoms with E-state index in [4.69, 9.17) is 4.74 Å². The van der Waals surface area contributed by atoms with E-state index in [1.54, 1.807) is 0 Å². The first kappa shape index (κ1) is 19.7. The lowest BCUT2D eigenvalue weighted by Crippen LogP contribution is -2.14. The van der Waals surface area contributed by atoms with Crippen molar-refractivity contribution in [1.29, 1.82) is 0 Å². The number of rotatable bonds is 6. The smallest absolute Gasteiger partial charge is 0.262 e. The van der Waals surface area contributed by atoms with Gasteiger partial charge in [-0.05, 0) is 30.3 Å². The normalized spacial score (nSPS) is 11.7. The van der Waals surface area contributed by atoms with Crippen molar-refractivity contribution in [1.82, 2.24) is 0 Å². The zero-order valence-corrected chi connectivity index (χ0v) is 15.9. The van der Waals surface area contributed by atoms with Crippen LogP contribution in [0.4, 0.5) is 11.4 Å². The third-order valence-corrected chi connectivity index (χ3v) is 5.80. The molecule has 0 saturated carbocycles. The van der Waals surface area contributed by atoms with Crippen molar-refractivity contribution in [2.75, 3.05) is 23.4 Å². The number of methoxy groups -OCH3 is 1. The minimum atomic E-state index is -3.99. The van der Waals surface area contributed by atoms with Gasteiger partial charge >= 0.3 is 0 Å². The molecule has 1 amide bonds. The Morgan fingerprint density at radius 3 is 2.27 bits per heavy atom. The summed E-state index contributed by atoms with van der Waals surface area (Å²) in [7, 11) is -6.11. The third-order valence-electron chi connectivity index (χ3n) is 3.31. The second-order valence-electron chi connectivity index (χ2n) is 5.45. The van der Waals surface area contributed by atoms with Crippen molar-refractivity contribution in [2.24, 2.45) is 0 Å². The molecule has 0 aromatic heterocycles. The fraction of sp³-hybridized carbons (Fsp3) is 0.188. The molecule has 140 valence electrons. The van der Waals surface area contributed by atoms with Gasteiger partial charge in [0.15, 0.2) is 9.84 Å². The maximum Gasteiger partial charge on any atom is 0.262 e. The Labute approximate surface area is 152 Å². The molecule has 0 unspecified atom stereocenters. The van der Waals surface area contributed by atoms with Crippen LogP contribution < -0.4 is 14.8 Å². The third kappa shape index (κ3) is 4.73. The van der Waals surface area contributed by atoms with E-state index in [1.165, 1.54) is 56.5 Å². The van der Waals surface area contributed by atoms with Gasteiger partial charge in [0.25, 0.3) is 10.0 Å². The summed E-state index contributed by atoms with van der Waals surface area (Å²) in [5.41, 5.74) is 0.441. The van der Waals surface area contributed by atoms with E-state index in [2.05, 4.69) is 10.0 Å². The summed E-state index contributed by atoms with van der Waals surface area (Å²) < 4.78 is 55.8. The first-order valence-corrected chi connectivity index (χ1v) is 10.7. The number of benzene rings is 2. The highest BCUT2D eigenvalue weighted by atomic mass is 32.2. The summed E-state index contributed by atoms with van der Waals surface area (Å²) in [4.78, 5) is 11.1. The summed E-state index contributed by atoms with van der Waals surface area (Å²) in [6.45, 7) is 1.32. The predicted molar refractivity (Wildman–Crippen MR) is 97.7 cm³/mol. The van der Waals surface area contributed by atoms with E-state index in [0.717, 1.165) is 6.26 Å². The van der Waals surface area contributed by atoms with Gasteiger partial charge in [0.1, 0.15) is 5.75 Å². The zero-order valence-electron chi connectivity index (χ0n) is 14.3. The van der Waals surface area contributed by atoms with Crippen LogP contribution in [0.25, 0.3) is 0 Å². The van der Waals surface area contributed by atoms with Crippen molar-refractivity contribution >= 4 is 37.1 Å². The lowest BCUT2D eigenvalue weighted by molar-refractivity contribution is -0.114. The van der Waals surface area contributed by atoms with Crippen molar-refractivity contribution < 1.29 is 26.4 Å². The van der Waals surface area contributed by atoms with Crippen LogP contribution in [-0.4, -0.2) is 36.1 Å². The Bertz CT molecular complexity index is 1050. The molecule has 8 nitrogen and oxygen atoms in total. The first-order chi connectivity index (χ1) is 12.0. The monoisotopic (exact) mass is 398 g/mol. The van der Waals surface area contributed by atoms with Gasteiger partial charge in [-0.1, -0.05) is 6.07 Å². The van der Waals surface area contributed by atoms with Gasteiger partial charge in [-0.2, -0.15) is 0 Å². The Kier molecular flexibility index (Phi) is 5.57. The molecule has 0 atom stereocenters. The molecule has 2 aromatic carbocycles. The van der Waals surface area contributed by atoms with Gasteiger partial charge in [-0.15, -0.1) is 0 Å². The van der Waals surface area contributed by atoms with E-state index in [-0.39, 0.29) is 27.1 Å². The Balaban J connectivity index is 2.38. The first-order valence-electron chi connectivity index (χ1n) is 7.31. The van der Waals surface area contributed by atoms with E-state index in [1.807, 2.05) is 0 Å². The van der Waals surface area contributed by atoms with Gasteiger partial charge in [0.2, 0.25) is 5.91 Å². The maximum atomic E-state index is 12.6. The van der Waals surface area contributed by atoms with Crippen LogP contribution >= 0.6 is 0 Å². The number of amides is 1. The van der Waals surface area contributed by atoms with Crippen molar-refractivity contribution in [2.45, 2.75) is 16.7 Å². The number of sulfone groups is 1. The standard InChI is InChI=1S/C16H18N2O6S2/c1-11(19)17-15-8-7-14(10-16(15)24-2)26(22,23)18-12-5-4-6-13(9-12)25(3,20)21/h4-10,18H,1-3H3,(H,17,19). The van der Waals surface area contributed by atoms with E-state index >= 15 is 0 Å². The van der Waals surface area contributed by atoms with Crippen LogP contribution in [0.5, 0.6) is 5.75 Å². The number of ether oxygens (including phenoxy) is 1. The highest BCUT2D eigenvalue weighted by molar-refractivity contribution is 7.92.